The van der Waals surface area contributed by atoms with Gasteiger partial charge in [-0.15, -0.1) is 76.9 Å². The monoisotopic (exact) mass is 707 g/mol. The van der Waals surface area contributed by atoms with Gasteiger partial charge in [-0.05, 0) is 41.5 Å². The van der Waals surface area contributed by atoms with Crippen molar-refractivity contribution in [3.63, 3.8) is 0 Å². The maximum atomic E-state index is 6.45. The van der Waals surface area contributed by atoms with Gasteiger partial charge in [0.05, 0.1) is 0 Å². The molecule has 0 spiro atoms. The van der Waals surface area contributed by atoms with E-state index >= 15 is 0 Å². The van der Waals surface area contributed by atoms with Gasteiger partial charge in [-0.25, -0.2) is 0 Å². The summed E-state index contributed by atoms with van der Waals surface area (Å²) < 4.78 is 7.60. The summed E-state index contributed by atoms with van der Waals surface area (Å²) >= 11 is 1.77. The minimum atomic E-state index is -0.0752. The molecule has 5 heteroatoms. The number of aromatic nitrogens is 2. The van der Waals surface area contributed by atoms with Crippen molar-refractivity contribution in [1.82, 2.24) is 9.97 Å². The molecule has 0 saturated carbocycles. The third kappa shape index (κ3) is 5.41. The number of aryl methyl sites for hydroxylation is 2. The van der Waals surface area contributed by atoms with Crippen LogP contribution in [-0.2, 0) is 26.5 Å². The van der Waals surface area contributed by atoms with Crippen LogP contribution in [0.4, 0.5) is 0 Å². The van der Waals surface area contributed by atoms with Gasteiger partial charge in [0.25, 0.3) is 0 Å². The van der Waals surface area contributed by atoms with Gasteiger partial charge < -0.3 is 4.74 Å². The molecule has 3 aromatic carbocycles. The summed E-state index contributed by atoms with van der Waals surface area (Å²) in [5.41, 5.74) is 5.91. The summed E-state index contributed by atoms with van der Waals surface area (Å²) in [6.07, 6.45) is 0. The van der Waals surface area contributed by atoms with Gasteiger partial charge in [0.2, 0.25) is 11.8 Å². The second-order valence-corrected chi connectivity index (χ2v) is 11.9. The normalized spacial score (nSPS) is 11.5. The van der Waals surface area contributed by atoms with E-state index in [4.69, 9.17) is 14.7 Å². The Labute approximate surface area is 248 Å². The van der Waals surface area contributed by atoms with Crippen LogP contribution < -0.4 is 4.74 Å². The largest absolute Gasteiger partial charge is 2.00 e. The van der Waals surface area contributed by atoms with Crippen LogP contribution in [0, 0.1) is 26.0 Å². The van der Waals surface area contributed by atoms with Gasteiger partial charge in [0, 0.05) is 27.4 Å². The van der Waals surface area contributed by atoms with Crippen LogP contribution in [0.15, 0.2) is 78.9 Å². The van der Waals surface area contributed by atoms with Crippen LogP contribution in [0.2, 0.25) is 0 Å². The second-order valence-electron chi connectivity index (χ2n) is 10.6. The van der Waals surface area contributed by atoms with Gasteiger partial charge in [0.1, 0.15) is 0 Å². The fourth-order valence-corrected chi connectivity index (χ4v) is 5.73. The summed E-state index contributed by atoms with van der Waals surface area (Å²) in [5, 5.41) is 3.38. The van der Waals surface area contributed by atoms with Crippen molar-refractivity contribution in [2.24, 2.45) is 0 Å². The molecular weight excluding hydrogens is 680 g/mol. The van der Waals surface area contributed by atoms with Gasteiger partial charge in [-0.2, -0.15) is 0 Å². The molecular formula is C34H28N2OPtS. The van der Waals surface area contributed by atoms with Gasteiger partial charge in [0.15, 0.2) is 0 Å². The van der Waals surface area contributed by atoms with E-state index in [9.17, 15) is 0 Å². The molecule has 0 bridgehead atoms. The second kappa shape index (κ2) is 10.7. The number of nitrogens with zero attached hydrogens (tertiary/aromatic N) is 2. The first-order chi connectivity index (χ1) is 18.3. The molecule has 0 N–H and O–H groups in total. The predicted octanol–water partition coefficient (Wildman–Crippen LogP) is 9.48. The summed E-state index contributed by atoms with van der Waals surface area (Å²) in [5.74, 6) is 1.05. The standard InChI is InChI=1S/C34H28N2OS.Pt/c1-21-22(2)38-33-28(21)20-31(36-32(33)26-16-15-23-11-9-10-14-25(23)17-26)37-30-19-27(34(3,4)5)18-29(35-30)24-12-7-6-8-13-24;/h6-12,14-16,18-20H,1-5H3;/q-2;+2. The Kier molecular flexibility index (Phi) is 7.46. The molecule has 0 aliphatic rings. The molecule has 3 aromatic heterocycles. The van der Waals surface area contributed by atoms with E-state index in [2.05, 4.69) is 77.1 Å². The minimum absolute atomic E-state index is 0. The van der Waals surface area contributed by atoms with E-state index in [0.29, 0.717) is 11.8 Å². The number of hydrogen-bond acceptors (Lipinski definition) is 4. The van der Waals surface area contributed by atoms with E-state index in [0.717, 1.165) is 48.9 Å². The fourth-order valence-electron chi connectivity index (χ4n) is 4.59. The molecule has 39 heavy (non-hydrogen) atoms. The molecule has 0 saturated heterocycles. The van der Waals surface area contributed by atoms with Crippen LogP contribution >= 0.6 is 11.3 Å². The fraction of sp³-hybridized carbons (Fsp3) is 0.176. The number of fused-ring (bicyclic) bond motifs is 2. The third-order valence-corrected chi connectivity index (χ3v) is 8.14. The first-order valence-corrected chi connectivity index (χ1v) is 13.6. The summed E-state index contributed by atoms with van der Waals surface area (Å²) in [4.78, 5) is 11.2. The van der Waals surface area contributed by atoms with Crippen LogP contribution in [0.5, 0.6) is 11.8 Å². The van der Waals surface area contributed by atoms with E-state index in [1.165, 1.54) is 10.4 Å². The Bertz CT molecular complexity index is 1800. The van der Waals surface area contributed by atoms with E-state index in [1.807, 2.05) is 48.5 Å². The van der Waals surface area contributed by atoms with Crippen molar-refractivity contribution >= 4 is 32.2 Å². The van der Waals surface area contributed by atoms with Crippen LogP contribution in [0.3, 0.4) is 0 Å². The zero-order valence-electron chi connectivity index (χ0n) is 22.5. The summed E-state index contributed by atoms with van der Waals surface area (Å²) in [7, 11) is 0. The van der Waals surface area contributed by atoms with Crippen molar-refractivity contribution < 1.29 is 25.8 Å². The van der Waals surface area contributed by atoms with E-state index in [1.54, 1.807) is 11.3 Å². The quantitative estimate of drug-likeness (QED) is 0.171. The number of pyridine rings is 2. The van der Waals surface area contributed by atoms with Gasteiger partial charge >= 0.3 is 21.1 Å². The Morgan fingerprint density at radius 1 is 0.821 bits per heavy atom. The van der Waals surface area contributed by atoms with Gasteiger partial charge in [-0.1, -0.05) is 56.0 Å². The molecule has 0 fully saturated rings. The van der Waals surface area contributed by atoms with Crippen LogP contribution in [0.25, 0.3) is 43.4 Å². The van der Waals surface area contributed by atoms with Crippen LogP contribution in [0.1, 0.15) is 36.8 Å². The molecule has 0 amide bonds. The Balaban J connectivity index is 0.00000308. The van der Waals surface area contributed by atoms with Crippen molar-refractivity contribution in [2.75, 3.05) is 0 Å². The Hall–Kier alpha value is -3.33. The average Bonchev–Trinajstić information content (AvgIpc) is 3.21. The smallest absolute Gasteiger partial charge is 0.422 e. The van der Waals surface area contributed by atoms with Crippen molar-refractivity contribution in [1.29, 1.82) is 0 Å². The van der Waals surface area contributed by atoms with Crippen molar-refractivity contribution in [3.05, 3.63) is 107 Å². The summed E-state index contributed by atoms with van der Waals surface area (Å²) in [6, 6.07) is 33.5. The molecule has 3 heterocycles. The number of benzene rings is 3. The number of hydrogen-bond donors (Lipinski definition) is 0. The molecule has 0 aliphatic carbocycles. The average molecular weight is 708 g/mol. The minimum Gasteiger partial charge on any atom is -0.422 e. The maximum absolute atomic E-state index is 6.45. The first kappa shape index (κ1) is 27.2. The molecule has 6 rings (SSSR count). The Morgan fingerprint density at radius 3 is 2.36 bits per heavy atom. The van der Waals surface area contributed by atoms with Gasteiger partial charge in [-0.3, -0.25) is 9.97 Å². The molecule has 3 nitrogen and oxygen atoms in total. The van der Waals surface area contributed by atoms with Crippen molar-refractivity contribution in [2.45, 2.75) is 40.0 Å². The SMILES string of the molecule is Cc1sc2c(-c3[c-]c4ccccc4cc3)nc(Oc3cc(C(C)(C)C)cc(-c4[c-]cccc4)n3)cc2c1C.[Pt+2]. The Morgan fingerprint density at radius 2 is 1.59 bits per heavy atom. The van der Waals surface area contributed by atoms with E-state index in [-0.39, 0.29) is 26.5 Å². The third-order valence-electron chi connectivity index (χ3n) is 6.91. The molecule has 6 aromatic rings. The zero-order chi connectivity index (χ0) is 26.4. The molecule has 0 atom stereocenters. The first-order valence-electron chi connectivity index (χ1n) is 12.8. The zero-order valence-corrected chi connectivity index (χ0v) is 25.6. The van der Waals surface area contributed by atoms with Crippen LogP contribution in [-0.4, -0.2) is 9.97 Å². The molecule has 0 unspecified atom stereocenters. The summed E-state index contributed by atoms with van der Waals surface area (Å²) in [6.45, 7) is 10.9. The van der Waals surface area contributed by atoms with Crippen molar-refractivity contribution in [3.8, 4) is 34.3 Å². The molecule has 196 valence electrons. The van der Waals surface area contributed by atoms with E-state index < -0.39 is 0 Å². The predicted molar refractivity (Wildman–Crippen MR) is 158 cm³/mol. The number of thiophene rings is 1. The molecule has 0 aliphatic heterocycles. The molecule has 0 radical (unpaired) electrons. The number of ether oxygens (including phenoxy) is 1. The topological polar surface area (TPSA) is 35.0 Å². The number of rotatable bonds is 4. The maximum Gasteiger partial charge on any atom is 2.00 e.